The monoisotopic (exact) mass is 253 g/mol. The molecule has 0 bridgehead atoms. The van der Waals surface area contributed by atoms with Gasteiger partial charge in [-0.25, -0.2) is 12.7 Å². The molecular formula is C8H9Cl2NO2S. The minimum atomic E-state index is -3.46. The molecule has 1 aromatic rings. The summed E-state index contributed by atoms with van der Waals surface area (Å²) >= 11 is 11.4. The van der Waals surface area contributed by atoms with E-state index in [0.717, 1.165) is 4.31 Å². The summed E-state index contributed by atoms with van der Waals surface area (Å²) in [5.41, 5.74) is 0. The second-order valence-corrected chi connectivity index (χ2v) is 5.92. The maximum absolute atomic E-state index is 11.6. The Morgan fingerprint density at radius 1 is 1.07 bits per heavy atom. The first-order valence-corrected chi connectivity index (χ1v) is 5.92. The Morgan fingerprint density at radius 3 is 1.86 bits per heavy atom. The van der Waals surface area contributed by atoms with Crippen LogP contribution in [0.25, 0.3) is 0 Å². The molecule has 0 radical (unpaired) electrons. The number of rotatable bonds is 2. The first kappa shape index (κ1) is 11.8. The van der Waals surface area contributed by atoms with E-state index < -0.39 is 10.0 Å². The normalized spacial score (nSPS) is 12.1. The maximum atomic E-state index is 11.6. The van der Waals surface area contributed by atoms with Gasteiger partial charge in [-0.1, -0.05) is 23.2 Å². The summed E-state index contributed by atoms with van der Waals surface area (Å²) in [6.45, 7) is 0. The van der Waals surface area contributed by atoms with E-state index in [1.807, 2.05) is 0 Å². The summed E-state index contributed by atoms with van der Waals surface area (Å²) in [4.78, 5) is 0.0972. The molecule has 0 unspecified atom stereocenters. The zero-order valence-corrected chi connectivity index (χ0v) is 9.99. The fraction of sp³-hybridized carbons (Fsp3) is 0.250. The van der Waals surface area contributed by atoms with Crippen molar-refractivity contribution >= 4 is 33.2 Å². The van der Waals surface area contributed by atoms with Crippen LogP contribution in [0.1, 0.15) is 0 Å². The second kappa shape index (κ2) is 4.06. The Kier molecular flexibility index (Phi) is 3.42. The molecule has 0 amide bonds. The minimum Gasteiger partial charge on any atom is -0.207 e. The van der Waals surface area contributed by atoms with Gasteiger partial charge in [-0.3, -0.25) is 0 Å². The molecule has 78 valence electrons. The first-order valence-electron chi connectivity index (χ1n) is 3.72. The van der Waals surface area contributed by atoms with Crippen molar-refractivity contribution in [2.24, 2.45) is 0 Å². The maximum Gasteiger partial charge on any atom is 0.242 e. The van der Waals surface area contributed by atoms with Gasteiger partial charge in [-0.05, 0) is 18.2 Å². The summed E-state index contributed by atoms with van der Waals surface area (Å²) in [6, 6.07) is 4.21. The summed E-state index contributed by atoms with van der Waals surface area (Å²) in [5, 5.41) is 0.607. The average Bonchev–Trinajstić information content (AvgIpc) is 2.01. The largest absolute Gasteiger partial charge is 0.242 e. The van der Waals surface area contributed by atoms with Crippen molar-refractivity contribution in [1.82, 2.24) is 4.31 Å². The average molecular weight is 254 g/mol. The van der Waals surface area contributed by atoms with Crippen molar-refractivity contribution in [2.45, 2.75) is 4.90 Å². The lowest BCUT2D eigenvalue weighted by atomic mass is 10.4. The molecule has 1 aromatic carbocycles. The fourth-order valence-corrected chi connectivity index (χ4v) is 2.52. The van der Waals surface area contributed by atoms with Gasteiger partial charge in [0.2, 0.25) is 10.0 Å². The summed E-state index contributed by atoms with van der Waals surface area (Å²) in [5.74, 6) is 0. The van der Waals surface area contributed by atoms with Crippen LogP contribution in [-0.2, 0) is 10.0 Å². The molecule has 14 heavy (non-hydrogen) atoms. The van der Waals surface area contributed by atoms with Gasteiger partial charge < -0.3 is 0 Å². The number of halogens is 2. The molecule has 0 saturated carbocycles. The standard InChI is InChI=1S/C8H9Cl2NO2S/c1-11(2)14(12,13)8-4-6(9)3-7(10)5-8/h3-5H,1-2H3. The van der Waals surface area contributed by atoms with E-state index in [0.29, 0.717) is 10.0 Å². The lowest BCUT2D eigenvalue weighted by Crippen LogP contribution is -2.22. The molecular weight excluding hydrogens is 245 g/mol. The minimum absolute atomic E-state index is 0.0972. The summed E-state index contributed by atoms with van der Waals surface area (Å²) in [7, 11) is -0.560. The summed E-state index contributed by atoms with van der Waals surface area (Å²) < 4.78 is 24.4. The molecule has 0 fully saturated rings. The van der Waals surface area contributed by atoms with Crippen LogP contribution >= 0.6 is 23.2 Å². The molecule has 0 heterocycles. The molecule has 0 atom stereocenters. The molecule has 0 spiro atoms. The van der Waals surface area contributed by atoms with E-state index in [4.69, 9.17) is 23.2 Å². The van der Waals surface area contributed by atoms with Crippen molar-refractivity contribution in [3.8, 4) is 0 Å². The molecule has 0 aliphatic rings. The van der Waals surface area contributed by atoms with Crippen LogP contribution in [0.2, 0.25) is 10.0 Å². The van der Waals surface area contributed by atoms with E-state index in [2.05, 4.69) is 0 Å². The number of sulfonamides is 1. The van der Waals surface area contributed by atoms with Crippen molar-refractivity contribution in [3.05, 3.63) is 28.2 Å². The lowest BCUT2D eigenvalue weighted by molar-refractivity contribution is 0.521. The van der Waals surface area contributed by atoms with E-state index in [1.165, 1.54) is 32.3 Å². The van der Waals surface area contributed by atoms with Crippen molar-refractivity contribution in [1.29, 1.82) is 0 Å². The molecule has 0 saturated heterocycles. The van der Waals surface area contributed by atoms with E-state index >= 15 is 0 Å². The van der Waals surface area contributed by atoms with Crippen molar-refractivity contribution in [2.75, 3.05) is 14.1 Å². The molecule has 0 N–H and O–H groups in total. The molecule has 3 nitrogen and oxygen atoms in total. The number of hydrogen-bond acceptors (Lipinski definition) is 2. The highest BCUT2D eigenvalue weighted by atomic mass is 35.5. The smallest absolute Gasteiger partial charge is 0.207 e. The Hall–Kier alpha value is -0.290. The summed E-state index contributed by atoms with van der Waals surface area (Å²) in [6.07, 6.45) is 0. The van der Waals surface area contributed by atoms with Crippen molar-refractivity contribution < 1.29 is 8.42 Å². The third-order valence-electron chi connectivity index (χ3n) is 1.61. The van der Waals surface area contributed by atoms with Crippen LogP contribution in [0, 0.1) is 0 Å². The van der Waals surface area contributed by atoms with Gasteiger partial charge in [0.15, 0.2) is 0 Å². The van der Waals surface area contributed by atoms with Gasteiger partial charge in [0.25, 0.3) is 0 Å². The quantitative estimate of drug-likeness (QED) is 0.811. The Morgan fingerprint density at radius 2 is 1.50 bits per heavy atom. The zero-order valence-electron chi connectivity index (χ0n) is 7.66. The topological polar surface area (TPSA) is 37.4 Å². The molecule has 0 aromatic heterocycles. The van der Waals surface area contributed by atoms with Crippen LogP contribution in [0.4, 0.5) is 0 Å². The molecule has 0 aliphatic carbocycles. The highest BCUT2D eigenvalue weighted by Crippen LogP contribution is 2.23. The van der Waals surface area contributed by atoms with E-state index in [9.17, 15) is 8.42 Å². The number of hydrogen-bond donors (Lipinski definition) is 0. The van der Waals surface area contributed by atoms with Gasteiger partial charge in [0, 0.05) is 24.1 Å². The van der Waals surface area contributed by atoms with E-state index in [-0.39, 0.29) is 4.90 Å². The van der Waals surface area contributed by atoms with E-state index in [1.54, 1.807) is 0 Å². The van der Waals surface area contributed by atoms with Gasteiger partial charge in [-0.2, -0.15) is 0 Å². The third-order valence-corrected chi connectivity index (χ3v) is 3.84. The van der Waals surface area contributed by atoms with Crippen LogP contribution in [-0.4, -0.2) is 26.8 Å². The number of nitrogens with zero attached hydrogens (tertiary/aromatic N) is 1. The second-order valence-electron chi connectivity index (χ2n) is 2.89. The highest BCUT2D eigenvalue weighted by Gasteiger charge is 2.17. The third kappa shape index (κ3) is 2.39. The van der Waals surface area contributed by atoms with Gasteiger partial charge >= 0.3 is 0 Å². The Balaban J connectivity index is 3.34. The predicted octanol–water partition coefficient (Wildman–Crippen LogP) is 2.24. The fourth-order valence-electron chi connectivity index (χ4n) is 0.888. The van der Waals surface area contributed by atoms with Crippen LogP contribution in [0.15, 0.2) is 23.1 Å². The highest BCUT2D eigenvalue weighted by molar-refractivity contribution is 7.89. The van der Waals surface area contributed by atoms with Crippen LogP contribution < -0.4 is 0 Å². The molecule has 6 heteroatoms. The SMILES string of the molecule is CN(C)S(=O)(=O)c1cc(Cl)cc(Cl)c1. The lowest BCUT2D eigenvalue weighted by Gasteiger charge is -2.11. The van der Waals surface area contributed by atoms with Crippen LogP contribution in [0.3, 0.4) is 0 Å². The predicted molar refractivity (Wildman–Crippen MR) is 57.3 cm³/mol. The molecule has 1 rings (SSSR count). The van der Waals surface area contributed by atoms with Gasteiger partial charge in [0.1, 0.15) is 0 Å². The van der Waals surface area contributed by atoms with Gasteiger partial charge in [0.05, 0.1) is 4.90 Å². The Bertz CT molecular complexity index is 422. The van der Waals surface area contributed by atoms with Gasteiger partial charge in [-0.15, -0.1) is 0 Å². The first-order chi connectivity index (χ1) is 6.34. The van der Waals surface area contributed by atoms with Crippen molar-refractivity contribution in [3.63, 3.8) is 0 Å². The zero-order chi connectivity index (χ0) is 10.9. The molecule has 0 aliphatic heterocycles. The Labute approximate surface area is 93.3 Å². The number of benzene rings is 1. The van der Waals surface area contributed by atoms with Crippen LogP contribution in [0.5, 0.6) is 0 Å².